The van der Waals surface area contributed by atoms with Crippen LogP contribution in [-0.4, -0.2) is 9.55 Å². The van der Waals surface area contributed by atoms with Crippen LogP contribution in [0.3, 0.4) is 0 Å². The predicted octanol–water partition coefficient (Wildman–Crippen LogP) is 2.06. The summed E-state index contributed by atoms with van der Waals surface area (Å²) in [4.78, 5) is 3.97. The van der Waals surface area contributed by atoms with E-state index in [9.17, 15) is 4.39 Å². The second-order valence-electron chi connectivity index (χ2n) is 3.39. The summed E-state index contributed by atoms with van der Waals surface area (Å²) in [6, 6.07) is 6.91. The Hall–Kier alpha value is -1.84. The topological polar surface area (TPSA) is 43.8 Å². The maximum atomic E-state index is 14.1. The van der Waals surface area contributed by atoms with Gasteiger partial charge in [0.1, 0.15) is 5.82 Å². The maximum absolute atomic E-state index is 14.1. The van der Waals surface area contributed by atoms with E-state index in [0.717, 1.165) is 0 Å². The summed E-state index contributed by atoms with van der Waals surface area (Å²) in [5, 5.41) is 0. The molecule has 0 aliphatic heterocycles. The fraction of sp³-hybridized carbons (Fsp3) is 0.182. The molecule has 0 aliphatic carbocycles. The van der Waals surface area contributed by atoms with Crippen LogP contribution in [0.1, 0.15) is 17.6 Å². The van der Waals surface area contributed by atoms with Gasteiger partial charge in [-0.25, -0.2) is 9.37 Å². The van der Waals surface area contributed by atoms with Gasteiger partial charge in [-0.1, -0.05) is 18.2 Å². The van der Waals surface area contributed by atoms with Crippen molar-refractivity contribution < 1.29 is 4.39 Å². The Morgan fingerprint density at radius 3 is 2.73 bits per heavy atom. The van der Waals surface area contributed by atoms with E-state index < -0.39 is 6.17 Å². The van der Waals surface area contributed by atoms with Crippen LogP contribution < -0.4 is 5.73 Å². The summed E-state index contributed by atoms with van der Waals surface area (Å²) in [5.74, 6) is 0.368. The molecule has 4 heteroatoms. The number of benzene rings is 1. The molecule has 0 aliphatic rings. The monoisotopic (exact) mass is 205 g/mol. The second kappa shape index (κ2) is 3.73. The normalized spacial score (nSPS) is 12.7. The number of aryl methyl sites for hydroxylation is 1. The molecule has 0 fully saturated rings. The van der Waals surface area contributed by atoms with Crippen LogP contribution in [-0.2, 0) is 7.05 Å². The van der Waals surface area contributed by atoms with Crippen LogP contribution in [0, 0.1) is 0 Å². The number of para-hydroxylation sites is 1. The number of alkyl halides is 1. The number of anilines is 1. The Balaban J connectivity index is 2.41. The first kappa shape index (κ1) is 9.71. The largest absolute Gasteiger partial charge is 0.398 e. The van der Waals surface area contributed by atoms with Gasteiger partial charge in [-0.2, -0.15) is 0 Å². The fourth-order valence-electron chi connectivity index (χ4n) is 1.50. The quantitative estimate of drug-likeness (QED) is 0.762. The van der Waals surface area contributed by atoms with Crippen molar-refractivity contribution in [1.82, 2.24) is 9.55 Å². The Kier molecular flexibility index (Phi) is 2.41. The standard InChI is InChI=1S/C11H12FN3/c1-15-7-6-14-11(15)10(12)8-4-2-3-5-9(8)13/h2-7,10H,13H2,1H3. The van der Waals surface area contributed by atoms with Gasteiger partial charge in [-0.15, -0.1) is 0 Å². The third-order valence-corrected chi connectivity index (χ3v) is 2.35. The number of nitrogen functional groups attached to an aromatic ring is 1. The highest BCUT2D eigenvalue weighted by molar-refractivity contribution is 5.49. The van der Waals surface area contributed by atoms with Gasteiger partial charge in [0.15, 0.2) is 6.17 Å². The Morgan fingerprint density at radius 1 is 1.40 bits per heavy atom. The summed E-state index contributed by atoms with van der Waals surface area (Å²) in [6.45, 7) is 0. The van der Waals surface area contributed by atoms with E-state index in [1.807, 2.05) is 0 Å². The van der Waals surface area contributed by atoms with Crippen LogP contribution in [0.15, 0.2) is 36.7 Å². The average Bonchev–Trinajstić information content (AvgIpc) is 2.64. The van der Waals surface area contributed by atoms with Crippen molar-refractivity contribution in [2.24, 2.45) is 7.05 Å². The lowest BCUT2D eigenvalue weighted by Crippen LogP contribution is -2.05. The number of hydrogen-bond donors (Lipinski definition) is 1. The van der Waals surface area contributed by atoms with E-state index in [1.54, 1.807) is 48.3 Å². The highest BCUT2D eigenvalue weighted by Gasteiger charge is 2.18. The molecule has 1 unspecified atom stereocenters. The molecule has 0 radical (unpaired) electrons. The van der Waals surface area contributed by atoms with Gasteiger partial charge in [0, 0.05) is 30.7 Å². The summed E-state index contributed by atoms with van der Waals surface area (Å²) in [5.41, 5.74) is 6.62. The van der Waals surface area contributed by atoms with Gasteiger partial charge < -0.3 is 10.3 Å². The van der Waals surface area contributed by atoms with Gasteiger partial charge in [-0.05, 0) is 6.07 Å². The van der Waals surface area contributed by atoms with Gasteiger partial charge in [-0.3, -0.25) is 0 Å². The summed E-state index contributed by atoms with van der Waals surface area (Å²) in [6.07, 6.45) is 2.01. The zero-order valence-corrected chi connectivity index (χ0v) is 8.39. The number of aromatic nitrogens is 2. The highest BCUT2D eigenvalue weighted by atomic mass is 19.1. The van der Waals surface area contributed by atoms with E-state index in [2.05, 4.69) is 4.98 Å². The average molecular weight is 205 g/mol. The van der Waals surface area contributed by atoms with E-state index in [4.69, 9.17) is 5.73 Å². The van der Waals surface area contributed by atoms with E-state index in [1.165, 1.54) is 0 Å². The number of nitrogens with zero attached hydrogens (tertiary/aromatic N) is 2. The Morgan fingerprint density at radius 2 is 2.13 bits per heavy atom. The number of rotatable bonds is 2. The SMILES string of the molecule is Cn1ccnc1C(F)c1ccccc1N. The molecule has 0 saturated carbocycles. The molecular weight excluding hydrogens is 193 g/mol. The van der Waals surface area contributed by atoms with E-state index >= 15 is 0 Å². The molecule has 15 heavy (non-hydrogen) atoms. The van der Waals surface area contributed by atoms with E-state index in [0.29, 0.717) is 17.1 Å². The van der Waals surface area contributed by atoms with Crippen molar-refractivity contribution in [3.8, 4) is 0 Å². The fourth-order valence-corrected chi connectivity index (χ4v) is 1.50. The highest BCUT2D eigenvalue weighted by Crippen LogP contribution is 2.28. The zero-order valence-electron chi connectivity index (χ0n) is 8.39. The number of imidazole rings is 1. The van der Waals surface area contributed by atoms with Crippen molar-refractivity contribution in [3.63, 3.8) is 0 Å². The first-order chi connectivity index (χ1) is 7.20. The molecule has 0 bridgehead atoms. The Labute approximate surface area is 87.4 Å². The molecule has 1 aromatic carbocycles. The molecule has 0 amide bonds. The smallest absolute Gasteiger partial charge is 0.185 e. The third-order valence-electron chi connectivity index (χ3n) is 2.35. The predicted molar refractivity (Wildman–Crippen MR) is 57.0 cm³/mol. The first-order valence-corrected chi connectivity index (χ1v) is 4.66. The number of hydrogen-bond acceptors (Lipinski definition) is 2. The molecule has 1 aromatic heterocycles. The lowest BCUT2D eigenvalue weighted by molar-refractivity contribution is 0.377. The molecule has 1 atom stereocenters. The summed E-state index contributed by atoms with van der Waals surface area (Å²) >= 11 is 0. The minimum Gasteiger partial charge on any atom is -0.398 e. The van der Waals surface area contributed by atoms with Crippen molar-refractivity contribution in [2.75, 3.05) is 5.73 Å². The van der Waals surface area contributed by atoms with Crippen LogP contribution in [0.25, 0.3) is 0 Å². The van der Waals surface area contributed by atoms with E-state index in [-0.39, 0.29) is 0 Å². The minimum absolute atomic E-state index is 0.368. The molecule has 1 heterocycles. The van der Waals surface area contributed by atoms with Gasteiger partial charge in [0.2, 0.25) is 0 Å². The van der Waals surface area contributed by atoms with Crippen LogP contribution in [0.5, 0.6) is 0 Å². The molecule has 2 rings (SSSR count). The van der Waals surface area contributed by atoms with Crippen LogP contribution in [0.4, 0.5) is 10.1 Å². The number of halogens is 1. The molecule has 0 spiro atoms. The molecule has 2 N–H and O–H groups in total. The van der Waals surface area contributed by atoms with Gasteiger partial charge in [0.05, 0.1) is 0 Å². The van der Waals surface area contributed by atoms with Crippen molar-refractivity contribution in [2.45, 2.75) is 6.17 Å². The molecule has 3 nitrogen and oxygen atoms in total. The molecular formula is C11H12FN3. The van der Waals surface area contributed by atoms with Crippen molar-refractivity contribution in [3.05, 3.63) is 48.0 Å². The van der Waals surface area contributed by atoms with Crippen LogP contribution in [0.2, 0.25) is 0 Å². The van der Waals surface area contributed by atoms with Crippen molar-refractivity contribution >= 4 is 5.69 Å². The second-order valence-corrected chi connectivity index (χ2v) is 3.39. The molecule has 0 saturated heterocycles. The lowest BCUT2D eigenvalue weighted by Gasteiger charge is -2.10. The minimum atomic E-state index is -1.27. The zero-order chi connectivity index (χ0) is 10.8. The molecule has 78 valence electrons. The van der Waals surface area contributed by atoms with Gasteiger partial charge >= 0.3 is 0 Å². The number of nitrogens with two attached hydrogens (primary N) is 1. The van der Waals surface area contributed by atoms with Gasteiger partial charge in [0.25, 0.3) is 0 Å². The first-order valence-electron chi connectivity index (χ1n) is 4.66. The lowest BCUT2D eigenvalue weighted by atomic mass is 10.1. The third kappa shape index (κ3) is 1.70. The summed E-state index contributed by atoms with van der Waals surface area (Å²) < 4.78 is 15.7. The maximum Gasteiger partial charge on any atom is 0.185 e. The Bertz CT molecular complexity index is 464. The summed E-state index contributed by atoms with van der Waals surface area (Å²) in [7, 11) is 1.76. The van der Waals surface area contributed by atoms with Crippen molar-refractivity contribution in [1.29, 1.82) is 0 Å². The van der Waals surface area contributed by atoms with Crippen LogP contribution >= 0.6 is 0 Å². The molecule has 2 aromatic rings.